The molecule has 0 saturated heterocycles. The normalized spacial score (nSPS) is 10.6. The lowest BCUT2D eigenvalue weighted by molar-refractivity contribution is 0.1000. The predicted molar refractivity (Wildman–Crippen MR) is 101 cm³/mol. The molecular weight excluding hydrogens is 332 g/mol. The van der Waals surface area contributed by atoms with E-state index in [1.165, 1.54) is 4.88 Å². The largest absolute Gasteiger partial charge is 0.494 e. The maximum atomic E-state index is 11.2. The first-order chi connectivity index (χ1) is 12.1. The van der Waals surface area contributed by atoms with Gasteiger partial charge >= 0.3 is 0 Å². The van der Waals surface area contributed by atoms with Crippen molar-refractivity contribution < 1.29 is 9.53 Å². The van der Waals surface area contributed by atoms with Gasteiger partial charge in [-0.05, 0) is 38.0 Å². The molecular formula is C20H20N2O2S. The van der Waals surface area contributed by atoms with Gasteiger partial charge in [0.1, 0.15) is 10.8 Å². The van der Waals surface area contributed by atoms with Crippen molar-refractivity contribution in [1.29, 1.82) is 0 Å². The monoisotopic (exact) mass is 352 g/mol. The van der Waals surface area contributed by atoms with Gasteiger partial charge in [0.05, 0.1) is 12.3 Å². The highest BCUT2D eigenvalue weighted by Crippen LogP contribution is 2.28. The first-order valence-electron chi connectivity index (χ1n) is 8.18. The molecule has 0 aliphatic rings. The molecule has 5 heteroatoms. The minimum atomic E-state index is -0.447. The zero-order chi connectivity index (χ0) is 17.6. The van der Waals surface area contributed by atoms with Crippen LogP contribution in [0.3, 0.4) is 0 Å². The van der Waals surface area contributed by atoms with Crippen molar-refractivity contribution in [3.8, 4) is 16.3 Å². The summed E-state index contributed by atoms with van der Waals surface area (Å²) in [5.74, 6) is 0.216. The number of thiazole rings is 1. The van der Waals surface area contributed by atoms with E-state index in [0.717, 1.165) is 29.1 Å². The van der Waals surface area contributed by atoms with Crippen LogP contribution in [0.5, 0.6) is 5.75 Å². The van der Waals surface area contributed by atoms with Gasteiger partial charge in [-0.2, -0.15) is 0 Å². The first-order valence-corrected chi connectivity index (χ1v) is 8.99. The molecule has 3 rings (SSSR count). The van der Waals surface area contributed by atoms with Gasteiger partial charge in [-0.3, -0.25) is 4.79 Å². The Morgan fingerprint density at radius 3 is 2.72 bits per heavy atom. The SMILES string of the molecule is Cc1sc(-c2ccccc2)nc1CCCOc1cccc(C(N)=O)c1. The predicted octanol–water partition coefficient (Wildman–Crippen LogP) is 4.23. The molecule has 128 valence electrons. The van der Waals surface area contributed by atoms with E-state index in [9.17, 15) is 4.79 Å². The quantitative estimate of drug-likeness (QED) is 0.647. The Balaban J connectivity index is 1.55. The van der Waals surface area contributed by atoms with Crippen LogP contribution in [-0.4, -0.2) is 17.5 Å². The highest BCUT2D eigenvalue weighted by atomic mass is 32.1. The number of ether oxygens (including phenoxy) is 1. The van der Waals surface area contributed by atoms with Crippen LogP contribution in [0.4, 0.5) is 0 Å². The fourth-order valence-electron chi connectivity index (χ4n) is 2.53. The molecule has 25 heavy (non-hydrogen) atoms. The van der Waals surface area contributed by atoms with Gasteiger partial charge in [0, 0.05) is 16.0 Å². The van der Waals surface area contributed by atoms with E-state index in [4.69, 9.17) is 15.5 Å². The van der Waals surface area contributed by atoms with Crippen LogP contribution in [0.1, 0.15) is 27.3 Å². The van der Waals surface area contributed by atoms with E-state index >= 15 is 0 Å². The molecule has 1 aromatic heterocycles. The molecule has 0 fully saturated rings. The lowest BCUT2D eigenvalue weighted by atomic mass is 10.2. The Hall–Kier alpha value is -2.66. The van der Waals surface area contributed by atoms with Gasteiger partial charge in [-0.1, -0.05) is 36.4 Å². The van der Waals surface area contributed by atoms with Gasteiger partial charge in [-0.15, -0.1) is 11.3 Å². The second-order valence-corrected chi connectivity index (χ2v) is 6.94. The maximum Gasteiger partial charge on any atom is 0.248 e. The van der Waals surface area contributed by atoms with Crippen LogP contribution >= 0.6 is 11.3 Å². The molecule has 2 aromatic carbocycles. The minimum Gasteiger partial charge on any atom is -0.494 e. The van der Waals surface area contributed by atoms with Crippen molar-refractivity contribution in [1.82, 2.24) is 4.98 Å². The Bertz CT molecular complexity index is 859. The number of hydrogen-bond acceptors (Lipinski definition) is 4. The summed E-state index contributed by atoms with van der Waals surface area (Å²) in [6.07, 6.45) is 1.73. The van der Waals surface area contributed by atoms with Crippen LogP contribution in [0.15, 0.2) is 54.6 Å². The van der Waals surface area contributed by atoms with E-state index in [-0.39, 0.29) is 0 Å². The summed E-state index contributed by atoms with van der Waals surface area (Å²) in [5.41, 5.74) is 8.01. The molecule has 2 N–H and O–H groups in total. The lowest BCUT2D eigenvalue weighted by Crippen LogP contribution is -2.11. The number of carbonyl (C=O) groups excluding carboxylic acids is 1. The molecule has 1 heterocycles. The number of nitrogens with two attached hydrogens (primary N) is 1. The van der Waals surface area contributed by atoms with Crippen molar-refractivity contribution in [2.75, 3.05) is 6.61 Å². The number of aromatic nitrogens is 1. The Kier molecular flexibility index (Phi) is 5.46. The average Bonchev–Trinajstić information content (AvgIpc) is 3.00. The van der Waals surface area contributed by atoms with Gasteiger partial charge < -0.3 is 10.5 Å². The van der Waals surface area contributed by atoms with E-state index < -0.39 is 5.91 Å². The lowest BCUT2D eigenvalue weighted by Gasteiger charge is -2.06. The summed E-state index contributed by atoms with van der Waals surface area (Å²) in [6, 6.07) is 17.2. The van der Waals surface area contributed by atoms with Crippen molar-refractivity contribution in [2.45, 2.75) is 19.8 Å². The third-order valence-corrected chi connectivity index (χ3v) is 4.92. The van der Waals surface area contributed by atoms with Crippen molar-refractivity contribution >= 4 is 17.2 Å². The first kappa shape index (κ1) is 17.2. The Morgan fingerprint density at radius 1 is 1.16 bits per heavy atom. The van der Waals surface area contributed by atoms with Crippen molar-refractivity contribution in [3.63, 3.8) is 0 Å². The Morgan fingerprint density at radius 2 is 1.96 bits per heavy atom. The molecule has 0 unspecified atom stereocenters. The standard InChI is InChI=1S/C20H20N2O2S/c1-14-18(22-20(25-14)15-7-3-2-4-8-15)11-6-12-24-17-10-5-9-16(13-17)19(21)23/h2-5,7-10,13H,6,11-12H2,1H3,(H2,21,23). The molecule has 0 aliphatic carbocycles. The summed E-state index contributed by atoms with van der Waals surface area (Å²) < 4.78 is 5.72. The Labute approximate surface area is 151 Å². The van der Waals surface area contributed by atoms with Gasteiger partial charge in [-0.25, -0.2) is 4.98 Å². The highest BCUT2D eigenvalue weighted by Gasteiger charge is 2.09. The van der Waals surface area contributed by atoms with Crippen LogP contribution < -0.4 is 10.5 Å². The van der Waals surface area contributed by atoms with E-state index in [0.29, 0.717) is 17.9 Å². The highest BCUT2D eigenvalue weighted by molar-refractivity contribution is 7.15. The number of carbonyl (C=O) groups is 1. The molecule has 1 amide bonds. The molecule has 0 spiro atoms. The second-order valence-electron chi connectivity index (χ2n) is 5.73. The average molecular weight is 352 g/mol. The summed E-state index contributed by atoms with van der Waals surface area (Å²) in [7, 11) is 0. The fourth-order valence-corrected chi connectivity index (χ4v) is 3.50. The minimum absolute atomic E-state index is 0.447. The van der Waals surface area contributed by atoms with Gasteiger partial charge in [0.15, 0.2) is 0 Å². The number of hydrogen-bond donors (Lipinski definition) is 1. The molecule has 3 aromatic rings. The molecule has 0 aliphatic heterocycles. The van der Waals surface area contributed by atoms with Gasteiger partial charge in [0.2, 0.25) is 5.91 Å². The summed E-state index contributed by atoms with van der Waals surface area (Å²) in [4.78, 5) is 17.2. The van der Waals surface area contributed by atoms with Crippen LogP contribution in [0.25, 0.3) is 10.6 Å². The number of rotatable bonds is 7. The van der Waals surface area contributed by atoms with E-state index in [1.54, 1.807) is 29.5 Å². The fraction of sp³-hybridized carbons (Fsp3) is 0.200. The summed E-state index contributed by atoms with van der Waals surface area (Å²) in [6.45, 7) is 2.68. The molecule has 0 saturated carbocycles. The van der Waals surface area contributed by atoms with E-state index in [2.05, 4.69) is 19.1 Å². The molecule has 0 bridgehead atoms. The summed E-state index contributed by atoms with van der Waals surface area (Å²) >= 11 is 1.72. The van der Waals surface area contributed by atoms with Crippen LogP contribution in [0.2, 0.25) is 0 Å². The van der Waals surface area contributed by atoms with Crippen LogP contribution in [0, 0.1) is 6.92 Å². The second kappa shape index (κ2) is 7.94. The zero-order valence-electron chi connectivity index (χ0n) is 14.1. The van der Waals surface area contributed by atoms with Gasteiger partial charge in [0.25, 0.3) is 0 Å². The number of aryl methyl sites for hydroxylation is 2. The molecule has 4 nitrogen and oxygen atoms in total. The van der Waals surface area contributed by atoms with E-state index in [1.807, 2.05) is 24.3 Å². The zero-order valence-corrected chi connectivity index (χ0v) is 14.9. The number of nitrogens with zero attached hydrogens (tertiary/aromatic N) is 1. The number of benzene rings is 2. The topological polar surface area (TPSA) is 65.2 Å². The number of amides is 1. The number of primary amides is 1. The molecule has 0 atom stereocenters. The summed E-state index contributed by atoms with van der Waals surface area (Å²) in [5, 5.41) is 1.06. The van der Waals surface area contributed by atoms with Crippen LogP contribution in [-0.2, 0) is 6.42 Å². The van der Waals surface area contributed by atoms with Crippen molar-refractivity contribution in [3.05, 3.63) is 70.7 Å². The third kappa shape index (κ3) is 4.45. The molecule has 0 radical (unpaired) electrons. The maximum absolute atomic E-state index is 11.2. The third-order valence-electron chi connectivity index (χ3n) is 3.86. The van der Waals surface area contributed by atoms with Crippen molar-refractivity contribution in [2.24, 2.45) is 5.73 Å². The smallest absolute Gasteiger partial charge is 0.248 e.